The van der Waals surface area contributed by atoms with Crippen molar-refractivity contribution in [2.45, 2.75) is 414 Å². The van der Waals surface area contributed by atoms with Crippen LogP contribution >= 0.6 is 0 Å². The molecule has 0 spiro atoms. The minimum absolute atomic E-state index is 0.0123. The standard InChI is InChI=1S/C98H189N25O17/c1-58(2)48-67(105)84(126)109-69(35-22-28-42-100)86(128)111-71(37-24-30-44-102)88(130)115-77(52-62(9)10)94(136)120-76(51-61(7)8)93(135)114-73(39-26-32-46-104)90(132)117-78(53-63(11)12)95(137)119-75(50-60(5)6)92(134)113-70(36-23-29-43-101)87(129)112-72(38-25-31-45-103)89(131)116-79(54-64(13)14)96(138)121-81(56-66(17)18)98(140)122-80(55-65(15)16)97(139)118-74(49-59(3)4)91(133)110-68(34-21-27-41-99)85(127)108-57-83(125)107-47-33-19-20-40-82(124)123-106/h58-81H,19-57,99-106H2,1-18H3,(H,107,125)(H,108,127)(H,109,126)(H,110,133)(H,111,128)(H,112,129)(H,113,134)(H,114,135)(H,115,130)(H,116,131)(H,117,132)(H,118,139)(H,119,137)(H,120,136)(H,121,138)(H,122,140)(H,123,124)/t67-,68-,69-,70-,71-,72-,73-,74-,75-,76-,77-,78-,79-,80-,81-/m0/s1. The van der Waals surface area contributed by atoms with Crippen LogP contribution < -0.4 is 136 Å². The first-order valence-corrected chi connectivity index (χ1v) is 51.8. The highest BCUT2D eigenvalue weighted by Crippen LogP contribution is 2.20. The summed E-state index contributed by atoms with van der Waals surface area (Å²) in [5, 5.41) is 44.9. The lowest BCUT2D eigenvalue weighted by molar-refractivity contribution is -0.137. The number of carbonyl (C=O) groups excluding carboxylic acids is 17. The number of hydrazine groups is 1. The highest BCUT2D eigenvalue weighted by atomic mass is 16.2. The third kappa shape index (κ3) is 58.9. The second-order valence-electron chi connectivity index (χ2n) is 41.3. The molecule has 0 saturated carbocycles. The van der Waals surface area contributed by atoms with Crippen molar-refractivity contribution in [3.05, 3.63) is 0 Å². The van der Waals surface area contributed by atoms with Gasteiger partial charge in [-0.1, -0.05) is 131 Å². The van der Waals surface area contributed by atoms with E-state index in [0.29, 0.717) is 129 Å². The lowest BCUT2D eigenvalue weighted by Gasteiger charge is -2.30. The van der Waals surface area contributed by atoms with E-state index in [4.69, 9.17) is 46.0 Å². The monoisotopic (exact) mass is 1990 g/mol. The molecule has 0 aromatic rings. The molecule has 0 aromatic heterocycles. The number of rotatable bonds is 79. The quantitative estimate of drug-likeness (QED) is 0.0175. The summed E-state index contributed by atoms with van der Waals surface area (Å²) in [6.07, 6.45) is 8.64. The molecule has 140 heavy (non-hydrogen) atoms. The maximum atomic E-state index is 15.0. The largest absolute Gasteiger partial charge is 0.355 e. The van der Waals surface area contributed by atoms with Gasteiger partial charge < -0.3 is 125 Å². The molecule has 0 fully saturated rings. The summed E-state index contributed by atoms with van der Waals surface area (Å²) < 4.78 is 0. The Morgan fingerprint density at radius 1 is 0.193 bits per heavy atom. The lowest BCUT2D eigenvalue weighted by atomic mass is 9.97. The van der Waals surface area contributed by atoms with E-state index in [1.54, 1.807) is 0 Å². The van der Waals surface area contributed by atoms with E-state index in [1.165, 1.54) is 0 Å². The smallest absolute Gasteiger partial charge is 0.243 e. The molecule has 42 heteroatoms. The van der Waals surface area contributed by atoms with E-state index >= 15 is 0 Å². The van der Waals surface area contributed by atoms with E-state index in [0.717, 1.165) is 0 Å². The minimum Gasteiger partial charge on any atom is -0.355 e. The van der Waals surface area contributed by atoms with E-state index in [-0.39, 0.29) is 175 Å². The fraction of sp³-hybridized carbons (Fsp3) is 0.827. The highest BCUT2D eigenvalue weighted by molar-refractivity contribution is 6.01. The number of nitrogens with one attached hydrogen (secondary N) is 17. The molecule has 0 aromatic carbocycles. The average molecular weight is 1990 g/mol. The van der Waals surface area contributed by atoms with Crippen LogP contribution in [0.5, 0.6) is 0 Å². The van der Waals surface area contributed by atoms with Gasteiger partial charge in [0.1, 0.15) is 84.6 Å². The fourth-order valence-corrected chi connectivity index (χ4v) is 15.9. The van der Waals surface area contributed by atoms with Crippen molar-refractivity contribution in [2.24, 2.45) is 99.2 Å². The van der Waals surface area contributed by atoms with Crippen LogP contribution in [0.25, 0.3) is 0 Å². The van der Waals surface area contributed by atoms with Gasteiger partial charge in [0.05, 0.1) is 12.6 Å². The third-order valence-electron chi connectivity index (χ3n) is 23.2. The predicted molar refractivity (Wildman–Crippen MR) is 544 cm³/mol. The van der Waals surface area contributed by atoms with E-state index in [2.05, 4.69) is 90.5 Å². The number of hydrogen-bond donors (Lipinski definition) is 25. The van der Waals surface area contributed by atoms with Gasteiger partial charge in [-0.3, -0.25) is 86.9 Å². The van der Waals surface area contributed by atoms with Gasteiger partial charge in [-0.15, -0.1) is 0 Å². The Hall–Kier alpha value is -9.33. The molecular formula is C98H189N25O17. The highest BCUT2D eigenvalue weighted by Gasteiger charge is 2.40. The van der Waals surface area contributed by atoms with Crippen molar-refractivity contribution in [1.82, 2.24) is 90.5 Å². The Morgan fingerprint density at radius 2 is 0.371 bits per heavy atom. The molecule has 0 rings (SSSR count). The summed E-state index contributed by atoms with van der Waals surface area (Å²) >= 11 is 0. The molecule has 0 aliphatic carbocycles. The molecule has 0 radical (unpaired) electrons. The second kappa shape index (κ2) is 74.6. The molecule has 15 atom stereocenters. The van der Waals surface area contributed by atoms with Gasteiger partial charge in [0.2, 0.25) is 100 Å². The normalized spacial score (nSPS) is 14.8. The maximum absolute atomic E-state index is 15.0. The van der Waals surface area contributed by atoms with Gasteiger partial charge in [0, 0.05) is 13.0 Å². The topological polar surface area (TPSA) is 703 Å². The van der Waals surface area contributed by atoms with Crippen molar-refractivity contribution < 1.29 is 81.5 Å². The molecule has 808 valence electrons. The SMILES string of the molecule is CC(C)C[C@H](NC(=O)[C@H](CC(C)C)NC(=O)[C@H](CC(C)C)NC(=O)[C@H](CC(C)C)NC(=O)[C@H](CCCCN)NC(=O)[C@H](CCCCN)NC(=O)[C@H](CC(C)C)NC(=O)[C@H](CC(C)C)NC(=O)[C@H](CCCCN)NC(=O)[C@H](CC(C)C)NC(=O)[C@H](CC(C)C)NC(=O)[C@H](CCCCN)NC(=O)[C@H](CCCCN)NC(=O)[C@@H](N)CC(C)C)C(=O)N[C@@H](CCCCN)C(=O)NCC(=O)NCCCCCC(=O)NN. The first kappa shape index (κ1) is 131. The number of amides is 17. The van der Waals surface area contributed by atoms with Crippen molar-refractivity contribution in [3.63, 3.8) is 0 Å². The van der Waals surface area contributed by atoms with Gasteiger partial charge in [0.15, 0.2) is 0 Å². The van der Waals surface area contributed by atoms with Crippen LogP contribution in [0.3, 0.4) is 0 Å². The summed E-state index contributed by atoms with van der Waals surface area (Å²) in [6, 6.07) is -18.5. The van der Waals surface area contributed by atoms with Gasteiger partial charge in [0.25, 0.3) is 0 Å². The zero-order valence-corrected chi connectivity index (χ0v) is 88.0. The minimum atomic E-state index is -1.34. The van der Waals surface area contributed by atoms with Crippen LogP contribution in [0.1, 0.15) is 324 Å². The van der Waals surface area contributed by atoms with E-state index in [1.807, 2.05) is 125 Å². The van der Waals surface area contributed by atoms with Gasteiger partial charge in [-0.2, -0.15) is 0 Å². The van der Waals surface area contributed by atoms with Crippen LogP contribution in [0, 0.1) is 53.3 Å². The van der Waals surface area contributed by atoms with Crippen molar-refractivity contribution in [3.8, 4) is 0 Å². The summed E-state index contributed by atoms with van der Waals surface area (Å²) in [4.78, 5) is 243. The Morgan fingerprint density at radius 3 is 0.557 bits per heavy atom. The molecule has 0 unspecified atom stereocenters. The summed E-state index contributed by atoms with van der Waals surface area (Å²) in [6.45, 7) is 34.7. The Kier molecular flexibility index (Phi) is 69.6. The Bertz CT molecular complexity index is 3690. The summed E-state index contributed by atoms with van der Waals surface area (Å²) in [7, 11) is 0. The van der Waals surface area contributed by atoms with Crippen molar-refractivity contribution >= 4 is 100 Å². The van der Waals surface area contributed by atoms with Gasteiger partial charge in [-0.05, 0) is 279 Å². The molecule has 0 heterocycles. The van der Waals surface area contributed by atoms with Crippen molar-refractivity contribution in [1.29, 1.82) is 0 Å². The zero-order chi connectivity index (χ0) is 106. The average Bonchev–Trinajstić information content (AvgIpc) is 0.850. The summed E-state index contributed by atoms with van der Waals surface area (Å²) in [5.74, 6) is -8.03. The Balaban J connectivity index is 7.40. The molecule has 0 bridgehead atoms. The van der Waals surface area contributed by atoms with E-state index in [9.17, 15) is 81.5 Å². The number of nitrogens with two attached hydrogens (primary N) is 8. The molecule has 0 saturated heterocycles. The van der Waals surface area contributed by atoms with E-state index < -0.39 is 192 Å². The molecular weight excluding hydrogens is 1800 g/mol. The second-order valence-corrected chi connectivity index (χ2v) is 41.3. The van der Waals surface area contributed by atoms with Gasteiger partial charge in [-0.25, -0.2) is 5.84 Å². The number of hydrogen-bond acceptors (Lipinski definition) is 25. The Labute approximate surface area is 834 Å². The van der Waals surface area contributed by atoms with Crippen LogP contribution in [0.4, 0.5) is 0 Å². The molecule has 0 aliphatic heterocycles. The van der Waals surface area contributed by atoms with Crippen LogP contribution in [0.2, 0.25) is 0 Å². The first-order valence-electron chi connectivity index (χ1n) is 51.8. The van der Waals surface area contributed by atoms with Crippen LogP contribution in [-0.2, 0) is 81.5 Å². The maximum Gasteiger partial charge on any atom is 0.243 e. The number of unbranched alkanes of at least 4 members (excludes halogenated alkanes) is 8. The number of carbonyl (C=O) groups is 17. The molecule has 17 amide bonds. The fourth-order valence-electron chi connectivity index (χ4n) is 15.9. The lowest BCUT2D eigenvalue weighted by Crippen LogP contribution is -2.61. The van der Waals surface area contributed by atoms with Crippen LogP contribution in [0.15, 0.2) is 0 Å². The zero-order valence-electron chi connectivity index (χ0n) is 88.0. The molecule has 42 nitrogen and oxygen atoms in total. The van der Waals surface area contributed by atoms with Gasteiger partial charge >= 0.3 is 0 Å². The molecule has 33 N–H and O–H groups in total. The molecule has 0 aliphatic rings. The summed E-state index contributed by atoms with van der Waals surface area (Å²) in [5.41, 5.74) is 43.6. The first-order chi connectivity index (χ1) is 66.0. The predicted octanol–water partition coefficient (Wildman–Crippen LogP) is 1.07. The van der Waals surface area contributed by atoms with Crippen LogP contribution in [-0.4, -0.2) is 243 Å². The van der Waals surface area contributed by atoms with Crippen molar-refractivity contribution in [2.75, 3.05) is 52.4 Å². The third-order valence-corrected chi connectivity index (χ3v) is 23.2.